The van der Waals surface area contributed by atoms with Gasteiger partial charge in [-0.1, -0.05) is 0 Å². The highest BCUT2D eigenvalue weighted by Crippen LogP contribution is 2.30. The Kier molecular flexibility index (Phi) is 1.89. The highest BCUT2D eigenvalue weighted by molar-refractivity contribution is 7.98. The fourth-order valence-electron chi connectivity index (χ4n) is 0.420. The van der Waals surface area contributed by atoms with Crippen LogP contribution in [0.3, 0.4) is 0 Å². The Labute approximate surface area is 59.2 Å². The van der Waals surface area contributed by atoms with E-state index in [4.69, 9.17) is 0 Å². The highest BCUT2D eigenvalue weighted by atomic mass is 32.2. The zero-order valence-electron chi connectivity index (χ0n) is 4.67. The van der Waals surface area contributed by atoms with E-state index in [1.54, 1.807) is 0 Å². The van der Waals surface area contributed by atoms with Crippen molar-refractivity contribution in [3.8, 4) is 0 Å². The monoisotopic (exact) mass is 168 g/mol. The maximum Gasteiger partial charge on any atom is 0.462 e. The minimum Gasteiger partial charge on any atom is -0.273 e. The molecule has 10 heavy (non-hydrogen) atoms. The molecule has 0 unspecified atom stereocenters. The smallest absolute Gasteiger partial charge is 0.273 e. The van der Waals surface area contributed by atoms with Crippen LogP contribution in [0.2, 0.25) is 0 Å². The van der Waals surface area contributed by atoms with E-state index in [-0.39, 0.29) is 11.9 Å². The van der Waals surface area contributed by atoms with Crippen molar-refractivity contribution in [3.05, 3.63) is 18.7 Å². The minimum absolute atomic E-state index is 0.238. The summed E-state index contributed by atoms with van der Waals surface area (Å²) in [7, 11) is 0. The number of hydrogen-bond acceptors (Lipinski definition) is 2. The number of hydrogen-bond donors (Lipinski definition) is 0. The molecule has 56 valence electrons. The predicted molar refractivity (Wildman–Crippen MR) is 31.3 cm³/mol. The van der Waals surface area contributed by atoms with Crippen molar-refractivity contribution in [2.75, 3.05) is 0 Å². The van der Waals surface area contributed by atoms with Gasteiger partial charge in [-0.05, 0) is 0 Å². The second-order valence-corrected chi connectivity index (χ2v) is 2.53. The first-order chi connectivity index (χ1) is 4.58. The van der Waals surface area contributed by atoms with Gasteiger partial charge in [0.15, 0.2) is 0 Å². The van der Waals surface area contributed by atoms with Crippen molar-refractivity contribution in [2.45, 2.75) is 5.51 Å². The summed E-state index contributed by atoms with van der Waals surface area (Å²) in [5.41, 5.74) is -4.24. The molecule has 1 heterocycles. The average Bonchev–Trinajstić information content (AvgIpc) is 2.12. The SMILES string of the molecule is FC(F)(F)Sn1ccnc1. The lowest BCUT2D eigenvalue weighted by Gasteiger charge is -2.03. The van der Waals surface area contributed by atoms with E-state index in [1.165, 1.54) is 12.4 Å². The van der Waals surface area contributed by atoms with E-state index in [2.05, 4.69) is 4.98 Å². The molecule has 0 saturated heterocycles. The second-order valence-electron chi connectivity index (χ2n) is 1.46. The Morgan fingerprint density at radius 2 is 2.10 bits per heavy atom. The Balaban J connectivity index is 2.57. The Morgan fingerprint density at radius 3 is 2.50 bits per heavy atom. The molecule has 2 nitrogen and oxygen atoms in total. The molecule has 0 aromatic carbocycles. The molecule has 0 spiro atoms. The minimum atomic E-state index is -4.24. The van der Waals surface area contributed by atoms with Crippen LogP contribution in [0.1, 0.15) is 0 Å². The molecular formula is C4H3F3N2S. The quantitative estimate of drug-likeness (QED) is 0.637. The molecule has 1 aromatic heterocycles. The van der Waals surface area contributed by atoms with Gasteiger partial charge in [0.1, 0.15) is 6.33 Å². The van der Waals surface area contributed by atoms with Crippen LogP contribution < -0.4 is 0 Å². The Hall–Kier alpha value is -0.650. The van der Waals surface area contributed by atoms with Crippen LogP contribution in [0.4, 0.5) is 13.2 Å². The molecule has 1 aromatic rings. The first kappa shape index (κ1) is 7.46. The predicted octanol–water partition coefficient (Wildman–Crippen LogP) is 1.90. The van der Waals surface area contributed by atoms with Gasteiger partial charge in [-0.3, -0.25) is 3.97 Å². The van der Waals surface area contributed by atoms with Gasteiger partial charge in [0.25, 0.3) is 0 Å². The van der Waals surface area contributed by atoms with Crippen molar-refractivity contribution in [2.24, 2.45) is 0 Å². The number of alkyl halides is 3. The first-order valence-electron chi connectivity index (χ1n) is 2.32. The zero-order valence-corrected chi connectivity index (χ0v) is 5.49. The molecule has 6 heteroatoms. The molecule has 0 aliphatic carbocycles. The normalized spacial score (nSPS) is 11.9. The van der Waals surface area contributed by atoms with E-state index in [0.717, 1.165) is 10.3 Å². The lowest BCUT2D eigenvalue weighted by atomic mass is 11.0. The summed E-state index contributed by atoms with van der Waals surface area (Å²) >= 11 is -0.238. The number of imidazole rings is 1. The van der Waals surface area contributed by atoms with Crippen LogP contribution >= 0.6 is 11.9 Å². The van der Waals surface area contributed by atoms with Crippen LogP contribution in [0.5, 0.6) is 0 Å². The van der Waals surface area contributed by atoms with Crippen LogP contribution in [0.15, 0.2) is 18.7 Å². The van der Waals surface area contributed by atoms with E-state index >= 15 is 0 Å². The van der Waals surface area contributed by atoms with Crippen LogP contribution in [0.25, 0.3) is 0 Å². The van der Waals surface area contributed by atoms with E-state index in [1.807, 2.05) is 0 Å². The van der Waals surface area contributed by atoms with Gasteiger partial charge in [0, 0.05) is 12.4 Å². The van der Waals surface area contributed by atoms with Gasteiger partial charge in [-0.15, -0.1) is 0 Å². The maximum absolute atomic E-state index is 11.5. The van der Waals surface area contributed by atoms with Crippen molar-refractivity contribution in [3.63, 3.8) is 0 Å². The van der Waals surface area contributed by atoms with Gasteiger partial charge in [0.05, 0.1) is 11.9 Å². The van der Waals surface area contributed by atoms with E-state index in [0.29, 0.717) is 0 Å². The van der Waals surface area contributed by atoms with E-state index in [9.17, 15) is 13.2 Å². The van der Waals surface area contributed by atoms with Crippen molar-refractivity contribution >= 4 is 11.9 Å². The number of halogens is 3. The van der Waals surface area contributed by atoms with Gasteiger partial charge in [-0.25, -0.2) is 4.98 Å². The van der Waals surface area contributed by atoms with Gasteiger partial charge in [-0.2, -0.15) is 13.2 Å². The summed E-state index contributed by atoms with van der Waals surface area (Å²) in [4.78, 5) is 3.45. The van der Waals surface area contributed by atoms with Crippen molar-refractivity contribution in [1.82, 2.24) is 8.96 Å². The molecule has 0 amide bonds. The zero-order chi connectivity index (χ0) is 7.61. The second kappa shape index (κ2) is 2.53. The van der Waals surface area contributed by atoms with Crippen molar-refractivity contribution < 1.29 is 13.2 Å². The van der Waals surface area contributed by atoms with Crippen molar-refractivity contribution in [1.29, 1.82) is 0 Å². The summed E-state index contributed by atoms with van der Waals surface area (Å²) in [5.74, 6) is 0. The summed E-state index contributed by atoms with van der Waals surface area (Å²) in [6.07, 6.45) is 3.62. The third-order valence-electron chi connectivity index (χ3n) is 0.689. The maximum atomic E-state index is 11.5. The lowest BCUT2D eigenvalue weighted by molar-refractivity contribution is -0.0334. The summed E-state index contributed by atoms with van der Waals surface area (Å²) < 4.78 is 35.5. The van der Waals surface area contributed by atoms with Gasteiger partial charge >= 0.3 is 5.51 Å². The lowest BCUT2D eigenvalue weighted by Crippen LogP contribution is -2.02. The fourth-order valence-corrected chi connectivity index (χ4v) is 0.876. The first-order valence-corrected chi connectivity index (χ1v) is 3.09. The topological polar surface area (TPSA) is 17.8 Å². The fraction of sp³-hybridized carbons (Fsp3) is 0.250. The third-order valence-corrected chi connectivity index (χ3v) is 1.32. The Bertz CT molecular complexity index is 193. The third kappa shape index (κ3) is 2.30. The molecule has 1 rings (SSSR count). The molecular weight excluding hydrogens is 165 g/mol. The standard InChI is InChI=1S/C4H3F3N2S/c5-4(6,7)10-9-2-1-8-3-9/h1-3H. The number of nitrogens with zero attached hydrogens (tertiary/aromatic N) is 2. The summed E-state index contributed by atoms with van der Waals surface area (Å²) in [6.45, 7) is 0. The van der Waals surface area contributed by atoms with Gasteiger partial charge < -0.3 is 0 Å². The summed E-state index contributed by atoms with van der Waals surface area (Å²) in [5, 5.41) is 0. The van der Waals surface area contributed by atoms with Crippen LogP contribution in [-0.2, 0) is 0 Å². The molecule has 0 fully saturated rings. The molecule has 0 atom stereocenters. The Morgan fingerprint density at radius 1 is 1.40 bits per heavy atom. The van der Waals surface area contributed by atoms with Gasteiger partial charge in [0.2, 0.25) is 0 Å². The average molecular weight is 168 g/mol. The number of rotatable bonds is 1. The highest BCUT2D eigenvalue weighted by Gasteiger charge is 2.29. The van der Waals surface area contributed by atoms with Crippen LogP contribution in [0, 0.1) is 0 Å². The molecule has 0 bridgehead atoms. The largest absolute Gasteiger partial charge is 0.462 e. The molecule has 0 radical (unpaired) electrons. The van der Waals surface area contributed by atoms with E-state index < -0.39 is 5.51 Å². The molecule has 0 N–H and O–H groups in total. The molecule has 0 saturated carbocycles. The number of aromatic nitrogens is 2. The van der Waals surface area contributed by atoms with Crippen LogP contribution in [-0.4, -0.2) is 14.5 Å². The molecule has 0 aliphatic rings. The summed E-state index contributed by atoms with van der Waals surface area (Å²) in [6, 6.07) is 0. The molecule has 0 aliphatic heterocycles.